The van der Waals surface area contributed by atoms with Crippen molar-refractivity contribution in [3.63, 3.8) is 0 Å². The van der Waals surface area contributed by atoms with Gasteiger partial charge in [-0.05, 0) is 31.0 Å². The fourth-order valence-corrected chi connectivity index (χ4v) is 2.97. The predicted molar refractivity (Wildman–Crippen MR) is 69.0 cm³/mol. The molecule has 0 spiro atoms. The average molecular weight is 269 g/mol. The zero-order chi connectivity index (χ0) is 12.5. The second-order valence-corrected chi connectivity index (χ2v) is 5.50. The second-order valence-electron chi connectivity index (χ2n) is 5.07. The number of hydrogen-bond donors (Lipinski definition) is 1. The number of ether oxygens (including phenoxy) is 2. The number of rotatable bonds is 1. The van der Waals surface area contributed by atoms with Gasteiger partial charge >= 0.3 is 0 Å². The molecule has 1 saturated heterocycles. The van der Waals surface area contributed by atoms with Crippen LogP contribution in [0.3, 0.4) is 0 Å². The van der Waals surface area contributed by atoms with Gasteiger partial charge in [-0.25, -0.2) is 0 Å². The molecule has 0 amide bonds. The average Bonchev–Trinajstić information content (AvgIpc) is 2.40. The molecule has 1 aromatic carbocycles. The minimum absolute atomic E-state index is 0.0500. The van der Waals surface area contributed by atoms with Crippen molar-refractivity contribution >= 4 is 11.6 Å². The molecule has 3 atom stereocenters. The number of aliphatic hydroxyl groups excluding tert-OH is 1. The molecule has 0 bridgehead atoms. The number of aliphatic hydroxyl groups is 1. The highest BCUT2D eigenvalue weighted by molar-refractivity contribution is 6.30. The van der Waals surface area contributed by atoms with E-state index in [2.05, 4.69) is 0 Å². The van der Waals surface area contributed by atoms with E-state index in [9.17, 15) is 5.11 Å². The fraction of sp³-hybridized carbons (Fsp3) is 0.571. The molecule has 1 fully saturated rings. The Bertz CT molecular complexity index is 429. The number of benzene rings is 1. The summed E-state index contributed by atoms with van der Waals surface area (Å²) in [5.41, 5.74) is 0.801. The van der Waals surface area contributed by atoms with Crippen molar-refractivity contribution in [1.29, 1.82) is 0 Å². The first-order valence-corrected chi connectivity index (χ1v) is 6.84. The molecule has 18 heavy (non-hydrogen) atoms. The minimum atomic E-state index is -0.487. The molecule has 4 heteroatoms. The summed E-state index contributed by atoms with van der Waals surface area (Å²) in [4.78, 5) is 0. The highest BCUT2D eigenvalue weighted by atomic mass is 35.5. The van der Waals surface area contributed by atoms with E-state index in [1.165, 1.54) is 0 Å². The summed E-state index contributed by atoms with van der Waals surface area (Å²) >= 11 is 5.94. The first-order chi connectivity index (χ1) is 8.74. The molecule has 1 aromatic rings. The van der Waals surface area contributed by atoms with Crippen molar-refractivity contribution in [2.75, 3.05) is 13.2 Å². The molecule has 0 saturated carbocycles. The maximum Gasteiger partial charge on any atom is 0.125 e. The molecule has 2 aliphatic heterocycles. The third-order valence-electron chi connectivity index (χ3n) is 3.79. The zero-order valence-electron chi connectivity index (χ0n) is 10.1. The van der Waals surface area contributed by atoms with E-state index in [-0.39, 0.29) is 6.10 Å². The third-order valence-corrected chi connectivity index (χ3v) is 4.02. The van der Waals surface area contributed by atoms with Crippen LogP contribution in [0.2, 0.25) is 5.02 Å². The lowest BCUT2D eigenvalue weighted by Gasteiger charge is -2.36. The van der Waals surface area contributed by atoms with Crippen LogP contribution in [0.1, 0.15) is 30.9 Å². The first-order valence-electron chi connectivity index (χ1n) is 6.46. The quantitative estimate of drug-likeness (QED) is 0.851. The molecule has 2 heterocycles. The molecule has 3 nitrogen and oxygen atoms in total. The van der Waals surface area contributed by atoms with Gasteiger partial charge in [-0.3, -0.25) is 0 Å². The molecule has 3 unspecified atom stereocenters. The van der Waals surface area contributed by atoms with Crippen molar-refractivity contribution in [2.45, 2.75) is 31.5 Å². The van der Waals surface area contributed by atoms with Crippen LogP contribution in [-0.2, 0) is 4.74 Å². The van der Waals surface area contributed by atoms with Crippen molar-refractivity contribution in [3.8, 4) is 5.75 Å². The topological polar surface area (TPSA) is 38.7 Å². The lowest BCUT2D eigenvalue weighted by molar-refractivity contribution is -0.0285. The Labute approximate surface area is 112 Å². The summed E-state index contributed by atoms with van der Waals surface area (Å²) in [6.45, 7) is 1.58. The SMILES string of the molecule is OC1CC(C2CCCOC2)Oc2ccc(Cl)cc21. The Balaban J connectivity index is 1.80. The summed E-state index contributed by atoms with van der Waals surface area (Å²) < 4.78 is 11.5. The number of halogens is 1. The largest absolute Gasteiger partial charge is 0.490 e. The van der Waals surface area contributed by atoms with Crippen molar-refractivity contribution in [1.82, 2.24) is 0 Å². The van der Waals surface area contributed by atoms with Gasteiger partial charge in [-0.2, -0.15) is 0 Å². The fourth-order valence-electron chi connectivity index (χ4n) is 2.79. The van der Waals surface area contributed by atoms with Crippen molar-refractivity contribution in [2.24, 2.45) is 5.92 Å². The van der Waals surface area contributed by atoms with E-state index in [0.717, 1.165) is 37.4 Å². The Kier molecular flexibility index (Phi) is 3.46. The lowest BCUT2D eigenvalue weighted by atomic mass is 9.88. The Hall–Kier alpha value is -0.770. The summed E-state index contributed by atoms with van der Waals surface area (Å²) in [5, 5.41) is 10.8. The van der Waals surface area contributed by atoms with Crippen LogP contribution >= 0.6 is 11.6 Å². The Morgan fingerprint density at radius 2 is 2.22 bits per heavy atom. The van der Waals surface area contributed by atoms with Crippen LogP contribution in [0.25, 0.3) is 0 Å². The van der Waals surface area contributed by atoms with E-state index < -0.39 is 6.10 Å². The van der Waals surface area contributed by atoms with Gasteiger partial charge in [0, 0.05) is 29.5 Å². The first kappa shape index (κ1) is 12.3. The van der Waals surface area contributed by atoms with E-state index >= 15 is 0 Å². The van der Waals surface area contributed by atoms with Crippen LogP contribution in [0, 0.1) is 5.92 Å². The van der Waals surface area contributed by atoms with Crippen molar-refractivity contribution in [3.05, 3.63) is 28.8 Å². The number of hydrogen-bond acceptors (Lipinski definition) is 3. The van der Waals surface area contributed by atoms with Crippen LogP contribution in [-0.4, -0.2) is 24.4 Å². The summed E-state index contributed by atoms with van der Waals surface area (Å²) in [7, 11) is 0. The highest BCUT2D eigenvalue weighted by Gasteiger charge is 2.33. The second kappa shape index (κ2) is 5.08. The van der Waals surface area contributed by atoms with Gasteiger partial charge in [-0.15, -0.1) is 0 Å². The van der Waals surface area contributed by atoms with Gasteiger partial charge in [-0.1, -0.05) is 11.6 Å². The van der Waals surface area contributed by atoms with Gasteiger partial charge in [0.2, 0.25) is 0 Å². The van der Waals surface area contributed by atoms with E-state index in [4.69, 9.17) is 21.1 Å². The molecule has 0 aromatic heterocycles. The van der Waals surface area contributed by atoms with E-state index in [1.807, 2.05) is 6.07 Å². The summed E-state index contributed by atoms with van der Waals surface area (Å²) in [5.74, 6) is 1.14. The van der Waals surface area contributed by atoms with Gasteiger partial charge < -0.3 is 14.6 Å². The van der Waals surface area contributed by atoms with Crippen LogP contribution in [0.5, 0.6) is 5.75 Å². The zero-order valence-corrected chi connectivity index (χ0v) is 10.9. The van der Waals surface area contributed by atoms with Gasteiger partial charge in [0.15, 0.2) is 0 Å². The van der Waals surface area contributed by atoms with Crippen molar-refractivity contribution < 1.29 is 14.6 Å². The summed E-state index contributed by atoms with van der Waals surface area (Å²) in [6, 6.07) is 5.43. The molecule has 98 valence electrons. The smallest absolute Gasteiger partial charge is 0.125 e. The van der Waals surface area contributed by atoms with E-state index in [0.29, 0.717) is 17.4 Å². The predicted octanol–water partition coefficient (Wildman–Crippen LogP) is 2.95. The van der Waals surface area contributed by atoms with Gasteiger partial charge in [0.25, 0.3) is 0 Å². The van der Waals surface area contributed by atoms with Gasteiger partial charge in [0.1, 0.15) is 11.9 Å². The minimum Gasteiger partial charge on any atom is -0.490 e. The van der Waals surface area contributed by atoms with Crippen LogP contribution in [0.15, 0.2) is 18.2 Å². The molecule has 1 N–H and O–H groups in total. The molecule has 0 aliphatic carbocycles. The summed E-state index contributed by atoms with van der Waals surface area (Å²) in [6.07, 6.45) is 2.38. The van der Waals surface area contributed by atoms with Crippen LogP contribution < -0.4 is 4.74 Å². The third kappa shape index (κ3) is 2.35. The standard InChI is InChI=1S/C14H17ClO3/c15-10-3-4-13-11(6-10)12(16)7-14(18-13)9-2-1-5-17-8-9/h3-4,6,9,12,14,16H,1-2,5,7-8H2. The Morgan fingerprint density at radius 3 is 3.00 bits per heavy atom. The molecule has 0 radical (unpaired) electrons. The lowest BCUT2D eigenvalue weighted by Crippen LogP contribution is -2.37. The molecule has 2 aliphatic rings. The maximum absolute atomic E-state index is 10.2. The Morgan fingerprint density at radius 1 is 1.33 bits per heavy atom. The molecular formula is C14H17ClO3. The van der Waals surface area contributed by atoms with Crippen LogP contribution in [0.4, 0.5) is 0 Å². The maximum atomic E-state index is 10.2. The van der Waals surface area contributed by atoms with E-state index in [1.54, 1.807) is 12.1 Å². The monoisotopic (exact) mass is 268 g/mol. The molecular weight excluding hydrogens is 252 g/mol. The van der Waals surface area contributed by atoms with Gasteiger partial charge in [0.05, 0.1) is 12.7 Å². The molecule has 3 rings (SSSR count). The highest BCUT2D eigenvalue weighted by Crippen LogP contribution is 2.39. The normalized spacial score (nSPS) is 31.6. The number of fused-ring (bicyclic) bond motifs is 1.